The average molecular weight is 348 g/mol. The van der Waals surface area contributed by atoms with Gasteiger partial charge >= 0.3 is 18.9 Å². The summed E-state index contributed by atoms with van der Waals surface area (Å²) < 4.78 is 24.3. The van der Waals surface area contributed by atoms with E-state index < -0.39 is 14.1 Å². The van der Waals surface area contributed by atoms with Gasteiger partial charge in [-0.05, 0) is 30.5 Å². The van der Waals surface area contributed by atoms with Crippen LogP contribution in [0.3, 0.4) is 0 Å². The molecule has 24 heavy (non-hydrogen) atoms. The third-order valence-corrected chi connectivity index (χ3v) is 11.3. The summed E-state index contributed by atoms with van der Waals surface area (Å²) in [6, 6.07) is 0. The molecule has 2 heterocycles. The van der Waals surface area contributed by atoms with E-state index >= 15 is 0 Å². The molecule has 6 heteroatoms. The van der Waals surface area contributed by atoms with Crippen LogP contribution in [-0.4, -0.2) is 39.0 Å². The molecule has 0 N–H and O–H groups in total. The van der Waals surface area contributed by atoms with E-state index in [-0.39, 0.29) is 37.2 Å². The summed E-state index contributed by atoms with van der Waals surface area (Å²) in [5.41, 5.74) is 1.60. The van der Waals surface area contributed by atoms with Crippen molar-refractivity contribution in [3.8, 4) is 0 Å². The Hall–Kier alpha value is 0.234. The number of ether oxygens (including phenoxy) is 3. The molecule has 134 valence electrons. The van der Waals surface area contributed by atoms with E-state index in [1.807, 2.05) is 19.9 Å². The smallest absolute Gasteiger partial charge is 0.688 e. The van der Waals surface area contributed by atoms with Crippen LogP contribution in [0, 0.1) is 6.26 Å². The Bertz CT molecular complexity index is 415. The van der Waals surface area contributed by atoms with Crippen molar-refractivity contribution in [3.05, 3.63) is 12.3 Å². The molecule has 1 fully saturated rings. The Morgan fingerprint density at radius 3 is 2.12 bits per heavy atom. The minimum Gasteiger partial charge on any atom is -0.688 e. The van der Waals surface area contributed by atoms with Gasteiger partial charge in [-0.15, -0.1) is 0 Å². The second kappa shape index (κ2) is 8.28. The first kappa shape index (κ1) is 22.3. The monoisotopic (exact) mass is 348 g/mol. The van der Waals surface area contributed by atoms with E-state index in [1.165, 1.54) is 0 Å². The van der Waals surface area contributed by atoms with Crippen molar-refractivity contribution in [2.24, 2.45) is 0 Å². The third kappa shape index (κ3) is 4.31. The van der Waals surface area contributed by atoms with Gasteiger partial charge < -0.3 is 24.9 Å². The maximum atomic E-state index is 6.89. The van der Waals surface area contributed by atoms with Crippen LogP contribution < -0.4 is 18.9 Å². The molecule has 0 radical (unpaired) electrons. The van der Waals surface area contributed by atoms with Gasteiger partial charge in [0.2, 0.25) is 8.32 Å². The van der Waals surface area contributed by atoms with E-state index in [0.29, 0.717) is 23.2 Å². The van der Waals surface area contributed by atoms with Gasteiger partial charge in [0.1, 0.15) is 12.2 Å². The molecule has 0 aromatic heterocycles. The Balaban J connectivity index is 0.00000288. The Morgan fingerprint density at radius 2 is 1.62 bits per heavy atom. The summed E-state index contributed by atoms with van der Waals surface area (Å²) >= 11 is 0. The van der Waals surface area contributed by atoms with Crippen molar-refractivity contribution >= 4 is 8.32 Å². The number of fused-ring (bicyclic) bond motifs is 1. The van der Waals surface area contributed by atoms with Gasteiger partial charge in [-0.1, -0.05) is 41.5 Å². The minimum absolute atomic E-state index is 0. The standard InChI is InChI=1S/C18H33O4Si.Li/c1-12(2)23(13(3)4,14(5)6)22-15-9-10-19-16-11-20-18(7,8)21-17(15)16;/h9,12-17H,11H2,1-8H3;/q-1;+1/t15-,16-,17+;/m1./s1. The van der Waals surface area contributed by atoms with Gasteiger partial charge in [0.05, 0.1) is 12.7 Å². The van der Waals surface area contributed by atoms with Crippen LogP contribution in [0.4, 0.5) is 0 Å². The van der Waals surface area contributed by atoms with Gasteiger partial charge in [-0.3, -0.25) is 0 Å². The summed E-state index contributed by atoms with van der Waals surface area (Å²) in [5, 5.41) is 0. The molecule has 0 aliphatic carbocycles. The summed E-state index contributed by atoms with van der Waals surface area (Å²) in [6.07, 6.45) is 4.42. The van der Waals surface area contributed by atoms with Crippen LogP contribution in [0.1, 0.15) is 55.4 Å². The topological polar surface area (TPSA) is 36.9 Å². The van der Waals surface area contributed by atoms with Crippen molar-refractivity contribution in [2.45, 2.75) is 96.1 Å². The van der Waals surface area contributed by atoms with Crippen molar-refractivity contribution in [1.29, 1.82) is 0 Å². The molecule has 0 spiro atoms. The van der Waals surface area contributed by atoms with Crippen molar-refractivity contribution in [1.82, 2.24) is 0 Å². The fourth-order valence-electron chi connectivity index (χ4n) is 4.23. The van der Waals surface area contributed by atoms with Gasteiger partial charge in [0.25, 0.3) is 0 Å². The number of hydrogen-bond acceptors (Lipinski definition) is 4. The number of hydrogen-bond donors (Lipinski definition) is 0. The summed E-state index contributed by atoms with van der Waals surface area (Å²) in [4.78, 5) is 0. The SMILES string of the molecule is CC(C)[Si](O[C@@H]1C=[C-]O[C@@H]2COC(C)(C)O[C@@H]12)(C(C)C)C(C)C.[Li+]. The van der Waals surface area contributed by atoms with Crippen LogP contribution in [0.15, 0.2) is 6.08 Å². The Morgan fingerprint density at radius 1 is 1.08 bits per heavy atom. The third-order valence-electron chi connectivity index (χ3n) is 5.20. The maximum Gasteiger partial charge on any atom is 1.00 e. The first-order valence-electron chi connectivity index (χ1n) is 8.84. The molecule has 0 aromatic rings. The molecule has 4 nitrogen and oxygen atoms in total. The van der Waals surface area contributed by atoms with Crippen LogP contribution >= 0.6 is 0 Å². The van der Waals surface area contributed by atoms with Crippen molar-refractivity contribution in [3.63, 3.8) is 0 Å². The molecule has 3 atom stereocenters. The van der Waals surface area contributed by atoms with E-state index in [2.05, 4.69) is 47.8 Å². The Kier molecular flexibility index (Phi) is 7.69. The predicted molar refractivity (Wildman–Crippen MR) is 93.5 cm³/mol. The normalized spacial score (nSPS) is 29.4. The summed E-state index contributed by atoms with van der Waals surface area (Å²) in [6.45, 7) is 18.2. The molecule has 0 aromatic carbocycles. The van der Waals surface area contributed by atoms with Crippen LogP contribution in [0.2, 0.25) is 16.6 Å². The van der Waals surface area contributed by atoms with E-state index in [4.69, 9.17) is 18.6 Å². The molecule has 2 aliphatic heterocycles. The molecule has 0 unspecified atom stereocenters. The van der Waals surface area contributed by atoms with E-state index in [1.54, 1.807) is 0 Å². The van der Waals surface area contributed by atoms with Gasteiger partial charge in [-0.2, -0.15) is 0 Å². The molecule has 0 bridgehead atoms. The minimum atomic E-state index is -1.99. The van der Waals surface area contributed by atoms with E-state index in [9.17, 15) is 0 Å². The van der Waals surface area contributed by atoms with Crippen LogP contribution in [0.5, 0.6) is 0 Å². The molecule has 2 rings (SSSR count). The van der Waals surface area contributed by atoms with Crippen molar-refractivity contribution in [2.75, 3.05) is 6.61 Å². The molecule has 0 amide bonds. The van der Waals surface area contributed by atoms with Gasteiger partial charge in [0.15, 0.2) is 5.79 Å². The second-order valence-corrected chi connectivity index (χ2v) is 13.5. The first-order valence-corrected chi connectivity index (χ1v) is 11.0. The first-order chi connectivity index (χ1) is 10.6. The summed E-state index contributed by atoms with van der Waals surface area (Å²) in [5.74, 6) is -0.602. The fourth-order valence-corrected chi connectivity index (χ4v) is 9.72. The molecular formula is C18H33LiO4Si. The zero-order valence-electron chi connectivity index (χ0n) is 16.9. The maximum absolute atomic E-state index is 6.89. The van der Waals surface area contributed by atoms with E-state index in [0.717, 1.165) is 0 Å². The Labute approximate surface area is 160 Å². The molecule has 1 saturated heterocycles. The van der Waals surface area contributed by atoms with Gasteiger partial charge in [0, 0.05) is 0 Å². The zero-order chi connectivity index (χ0) is 17.4. The average Bonchev–Trinajstić information content (AvgIpc) is 2.42. The summed E-state index contributed by atoms with van der Waals surface area (Å²) in [7, 11) is -1.99. The van der Waals surface area contributed by atoms with Gasteiger partial charge in [-0.25, -0.2) is 6.08 Å². The van der Waals surface area contributed by atoms with Crippen LogP contribution in [-0.2, 0) is 18.6 Å². The van der Waals surface area contributed by atoms with Crippen LogP contribution in [0.25, 0.3) is 0 Å². The van der Waals surface area contributed by atoms with Crippen molar-refractivity contribution < 1.29 is 37.5 Å². The second-order valence-electron chi connectivity index (χ2n) is 8.13. The predicted octanol–water partition coefficient (Wildman–Crippen LogP) is 1.42. The largest absolute Gasteiger partial charge is 1.00 e. The molecule has 0 saturated carbocycles. The fraction of sp³-hybridized carbons (Fsp3) is 0.889. The number of rotatable bonds is 5. The zero-order valence-corrected chi connectivity index (χ0v) is 17.9. The molecular weight excluding hydrogens is 315 g/mol. The quantitative estimate of drug-likeness (QED) is 0.556. The molecule has 2 aliphatic rings.